The molecule has 28 heavy (non-hydrogen) atoms. The van der Waals surface area contributed by atoms with E-state index in [1.165, 1.54) is 6.08 Å². The van der Waals surface area contributed by atoms with Crippen molar-refractivity contribution in [1.82, 2.24) is 4.90 Å². The van der Waals surface area contributed by atoms with Crippen LogP contribution in [-0.4, -0.2) is 35.2 Å². The van der Waals surface area contributed by atoms with Crippen LogP contribution in [0.1, 0.15) is 15.9 Å². The Kier molecular flexibility index (Phi) is 5.18. The van der Waals surface area contributed by atoms with Crippen LogP contribution in [0.15, 0.2) is 45.8 Å². The second kappa shape index (κ2) is 7.62. The molecule has 0 saturated carbocycles. The highest BCUT2D eigenvalue weighted by Gasteiger charge is 2.36. The molecule has 4 rings (SSSR count). The van der Waals surface area contributed by atoms with E-state index in [9.17, 15) is 14.4 Å². The van der Waals surface area contributed by atoms with Crippen molar-refractivity contribution >= 4 is 62.3 Å². The van der Waals surface area contributed by atoms with Gasteiger partial charge in [-0.2, -0.15) is 0 Å². The van der Waals surface area contributed by atoms with Gasteiger partial charge in [0.2, 0.25) is 6.79 Å². The number of hydrogen-bond donors (Lipinski definition) is 0. The Labute approximate surface area is 177 Å². The number of thioether (sulfide) groups is 1. The molecule has 2 amide bonds. The molecule has 2 aliphatic heterocycles. The summed E-state index contributed by atoms with van der Waals surface area (Å²) in [7, 11) is 0. The number of fused-ring (bicyclic) bond motifs is 1. The lowest BCUT2D eigenvalue weighted by Gasteiger charge is -2.11. The van der Waals surface area contributed by atoms with Gasteiger partial charge in [-0.1, -0.05) is 39.7 Å². The average Bonchev–Trinajstić information content (AvgIpc) is 3.22. The summed E-state index contributed by atoms with van der Waals surface area (Å²) in [6, 6.07) is 9.95. The summed E-state index contributed by atoms with van der Waals surface area (Å²) in [4.78, 5) is 38.4. The van der Waals surface area contributed by atoms with E-state index in [1.54, 1.807) is 36.4 Å². The normalized spacial score (nSPS) is 16.9. The summed E-state index contributed by atoms with van der Waals surface area (Å²) in [5, 5.41) is -0.138. The SMILES string of the molecule is O=C(CN1C(=O)S/C(=C\c2cc3c(cc2Cl)OCO3)C1=O)c1ccc(Br)cc1. The lowest BCUT2D eigenvalue weighted by Crippen LogP contribution is -2.33. The molecule has 0 aromatic heterocycles. The second-order valence-electron chi connectivity index (χ2n) is 5.92. The molecule has 0 radical (unpaired) electrons. The van der Waals surface area contributed by atoms with Gasteiger partial charge in [-0.25, -0.2) is 0 Å². The maximum absolute atomic E-state index is 12.6. The topological polar surface area (TPSA) is 72.9 Å². The molecule has 6 nitrogen and oxygen atoms in total. The van der Waals surface area contributed by atoms with Gasteiger partial charge >= 0.3 is 0 Å². The molecular formula is C19H11BrClNO5S. The fraction of sp³-hybridized carbons (Fsp3) is 0.105. The van der Waals surface area contributed by atoms with Gasteiger partial charge in [-0.15, -0.1) is 0 Å². The van der Waals surface area contributed by atoms with E-state index in [1.807, 2.05) is 0 Å². The second-order valence-corrected chi connectivity index (χ2v) is 8.24. The third-order valence-electron chi connectivity index (χ3n) is 4.12. The van der Waals surface area contributed by atoms with Gasteiger partial charge in [0.15, 0.2) is 17.3 Å². The maximum Gasteiger partial charge on any atom is 0.293 e. The zero-order chi connectivity index (χ0) is 19.8. The molecule has 0 spiro atoms. The Morgan fingerprint density at radius 3 is 2.57 bits per heavy atom. The number of ether oxygens (including phenoxy) is 2. The Bertz CT molecular complexity index is 1040. The molecule has 2 heterocycles. The highest BCUT2D eigenvalue weighted by Crippen LogP contribution is 2.39. The first-order valence-corrected chi connectivity index (χ1v) is 10.0. The van der Waals surface area contributed by atoms with Crippen LogP contribution in [0, 0.1) is 0 Å². The standard InChI is InChI=1S/C19H11BrClNO5S/c20-12-3-1-10(2-4-12)14(23)8-22-18(24)17(28-19(22)25)6-11-5-15-16(7-13(11)21)27-9-26-15/h1-7H,8-9H2/b17-6-. The highest BCUT2D eigenvalue weighted by molar-refractivity contribution is 9.10. The Balaban J connectivity index is 1.55. The molecule has 0 bridgehead atoms. The number of amides is 2. The third kappa shape index (κ3) is 3.67. The number of benzene rings is 2. The van der Waals surface area contributed by atoms with Crippen molar-refractivity contribution in [2.24, 2.45) is 0 Å². The minimum Gasteiger partial charge on any atom is -0.454 e. The number of halogens is 2. The zero-order valence-corrected chi connectivity index (χ0v) is 17.3. The molecule has 0 atom stereocenters. The number of carbonyl (C=O) groups is 3. The van der Waals surface area contributed by atoms with Gasteiger partial charge in [0.1, 0.15) is 0 Å². The summed E-state index contributed by atoms with van der Waals surface area (Å²) in [5.41, 5.74) is 0.945. The molecule has 1 saturated heterocycles. The van der Waals surface area contributed by atoms with Crippen LogP contribution < -0.4 is 9.47 Å². The monoisotopic (exact) mass is 479 g/mol. The molecular weight excluding hydrogens is 470 g/mol. The fourth-order valence-corrected chi connectivity index (χ4v) is 3.99. The van der Waals surface area contributed by atoms with Crippen LogP contribution in [0.4, 0.5) is 4.79 Å². The Morgan fingerprint density at radius 2 is 1.86 bits per heavy atom. The van der Waals surface area contributed by atoms with E-state index in [4.69, 9.17) is 21.1 Å². The van der Waals surface area contributed by atoms with E-state index >= 15 is 0 Å². The largest absolute Gasteiger partial charge is 0.454 e. The van der Waals surface area contributed by atoms with Crippen LogP contribution in [0.3, 0.4) is 0 Å². The van der Waals surface area contributed by atoms with Crippen LogP contribution >= 0.6 is 39.3 Å². The predicted molar refractivity (Wildman–Crippen MR) is 109 cm³/mol. The molecule has 142 valence electrons. The van der Waals surface area contributed by atoms with E-state index in [0.29, 0.717) is 27.6 Å². The van der Waals surface area contributed by atoms with Crippen molar-refractivity contribution in [2.75, 3.05) is 13.3 Å². The number of nitrogens with zero attached hydrogens (tertiary/aromatic N) is 1. The Morgan fingerprint density at radius 1 is 1.18 bits per heavy atom. The number of hydrogen-bond acceptors (Lipinski definition) is 6. The predicted octanol–water partition coefficient (Wildman–Crippen LogP) is 4.75. The van der Waals surface area contributed by atoms with E-state index in [-0.39, 0.29) is 24.0 Å². The lowest BCUT2D eigenvalue weighted by atomic mass is 10.1. The van der Waals surface area contributed by atoms with Crippen molar-refractivity contribution in [3.63, 3.8) is 0 Å². The van der Waals surface area contributed by atoms with Gasteiger partial charge in [-0.3, -0.25) is 19.3 Å². The van der Waals surface area contributed by atoms with E-state index in [0.717, 1.165) is 21.1 Å². The molecule has 2 aliphatic rings. The van der Waals surface area contributed by atoms with Crippen molar-refractivity contribution in [2.45, 2.75) is 0 Å². The Hall–Kier alpha value is -2.29. The third-order valence-corrected chi connectivity index (χ3v) is 5.88. The number of rotatable bonds is 4. The van der Waals surface area contributed by atoms with Crippen molar-refractivity contribution in [3.05, 3.63) is 61.9 Å². The molecule has 9 heteroatoms. The number of imide groups is 1. The first-order valence-electron chi connectivity index (χ1n) is 8.05. The number of ketones is 1. The first-order chi connectivity index (χ1) is 13.4. The summed E-state index contributed by atoms with van der Waals surface area (Å²) < 4.78 is 11.4. The summed E-state index contributed by atoms with van der Waals surface area (Å²) >= 11 is 10.3. The first kappa shape index (κ1) is 19.0. The minimum atomic E-state index is -0.533. The molecule has 0 unspecified atom stereocenters. The summed E-state index contributed by atoms with van der Waals surface area (Å²) in [6.45, 7) is -0.220. The van der Waals surface area contributed by atoms with E-state index in [2.05, 4.69) is 15.9 Å². The van der Waals surface area contributed by atoms with Crippen LogP contribution in [0.5, 0.6) is 11.5 Å². The minimum absolute atomic E-state index is 0.101. The van der Waals surface area contributed by atoms with Gasteiger partial charge < -0.3 is 9.47 Å². The maximum atomic E-state index is 12.6. The van der Waals surface area contributed by atoms with Crippen molar-refractivity contribution in [3.8, 4) is 11.5 Å². The average molecular weight is 481 g/mol. The van der Waals surface area contributed by atoms with Gasteiger partial charge in [0.25, 0.3) is 11.1 Å². The lowest BCUT2D eigenvalue weighted by molar-refractivity contribution is -0.122. The highest BCUT2D eigenvalue weighted by atomic mass is 79.9. The van der Waals surface area contributed by atoms with Gasteiger partial charge in [0, 0.05) is 16.1 Å². The van der Waals surface area contributed by atoms with Crippen LogP contribution in [-0.2, 0) is 4.79 Å². The fourth-order valence-electron chi connectivity index (χ4n) is 2.69. The molecule has 1 fully saturated rings. The number of carbonyl (C=O) groups excluding carboxylic acids is 3. The number of Topliss-reactive ketones (excluding diaryl/α,β-unsaturated/α-hetero) is 1. The van der Waals surface area contributed by atoms with E-state index < -0.39 is 11.1 Å². The molecule has 2 aromatic carbocycles. The molecule has 0 N–H and O–H groups in total. The van der Waals surface area contributed by atoms with Crippen molar-refractivity contribution in [1.29, 1.82) is 0 Å². The molecule has 0 aliphatic carbocycles. The van der Waals surface area contributed by atoms with Gasteiger partial charge in [0.05, 0.1) is 16.5 Å². The van der Waals surface area contributed by atoms with Crippen LogP contribution in [0.25, 0.3) is 6.08 Å². The quantitative estimate of drug-likeness (QED) is 0.464. The zero-order valence-electron chi connectivity index (χ0n) is 14.1. The van der Waals surface area contributed by atoms with Gasteiger partial charge in [-0.05, 0) is 41.6 Å². The smallest absolute Gasteiger partial charge is 0.293 e. The van der Waals surface area contributed by atoms with Crippen molar-refractivity contribution < 1.29 is 23.9 Å². The van der Waals surface area contributed by atoms with Crippen LogP contribution in [0.2, 0.25) is 5.02 Å². The summed E-state index contributed by atoms with van der Waals surface area (Å²) in [6.07, 6.45) is 1.51. The molecule has 2 aromatic rings. The summed E-state index contributed by atoms with van der Waals surface area (Å²) in [5.74, 6) is 0.182.